The monoisotopic (exact) mass is 440 g/mol. The van der Waals surface area contributed by atoms with Crippen LogP contribution in [0.15, 0.2) is 24.3 Å². The Bertz CT molecular complexity index is 971. The molecular formula is C23H32N6O3. The molecule has 172 valence electrons. The van der Waals surface area contributed by atoms with E-state index in [0.717, 1.165) is 42.3 Å². The molecule has 2 N–H and O–H groups in total. The average Bonchev–Trinajstić information content (AvgIpc) is 3.35. The quantitative estimate of drug-likeness (QED) is 0.761. The van der Waals surface area contributed by atoms with Crippen molar-refractivity contribution in [1.82, 2.24) is 25.0 Å². The van der Waals surface area contributed by atoms with E-state index in [-0.39, 0.29) is 29.4 Å². The van der Waals surface area contributed by atoms with Crippen molar-refractivity contribution in [3.63, 3.8) is 0 Å². The minimum absolute atomic E-state index is 0.0285. The largest absolute Gasteiger partial charge is 0.497 e. The van der Waals surface area contributed by atoms with Gasteiger partial charge in [-0.1, -0.05) is 0 Å². The summed E-state index contributed by atoms with van der Waals surface area (Å²) in [5, 5.41) is 14.8. The van der Waals surface area contributed by atoms with Gasteiger partial charge in [0.05, 0.1) is 7.11 Å². The Morgan fingerprint density at radius 1 is 1.06 bits per heavy atom. The first-order valence-electron chi connectivity index (χ1n) is 11.2. The molecule has 1 fully saturated rings. The second kappa shape index (κ2) is 8.80. The Balaban J connectivity index is 1.42. The Morgan fingerprint density at radius 2 is 1.75 bits per heavy atom. The fourth-order valence-corrected chi connectivity index (χ4v) is 4.41. The summed E-state index contributed by atoms with van der Waals surface area (Å²) in [5.41, 5.74) is 0.476. The standard InChI is InChI=1S/C23H32N6O3/c1-23(2,3)25-22(31)28-13-11-15(12-14-28)20-27-26-19-10-9-18(29(19)20)21(30)24-16-5-7-17(32-4)8-6-16/h5-8,15,18H,9-14H2,1-4H3,(H,24,30)(H,25,31). The predicted molar refractivity (Wildman–Crippen MR) is 121 cm³/mol. The van der Waals surface area contributed by atoms with E-state index in [4.69, 9.17) is 4.74 Å². The van der Waals surface area contributed by atoms with E-state index in [0.29, 0.717) is 19.5 Å². The topological polar surface area (TPSA) is 101 Å². The number of aryl methyl sites for hydroxylation is 1. The van der Waals surface area contributed by atoms with E-state index < -0.39 is 0 Å². The molecule has 0 spiro atoms. The van der Waals surface area contributed by atoms with Gasteiger partial charge in [-0.3, -0.25) is 4.79 Å². The van der Waals surface area contributed by atoms with Crippen LogP contribution in [0.3, 0.4) is 0 Å². The number of hydrogen-bond donors (Lipinski definition) is 2. The number of nitrogens with one attached hydrogen (secondary N) is 2. The number of anilines is 1. The summed E-state index contributed by atoms with van der Waals surface area (Å²) < 4.78 is 7.20. The molecule has 0 radical (unpaired) electrons. The molecular weight excluding hydrogens is 408 g/mol. The van der Waals surface area contributed by atoms with Gasteiger partial charge in [-0.05, 0) is 64.3 Å². The number of aromatic nitrogens is 3. The molecule has 3 heterocycles. The number of methoxy groups -OCH3 is 1. The normalized spacial score (nSPS) is 18.9. The van der Waals surface area contributed by atoms with Crippen LogP contribution >= 0.6 is 0 Å². The van der Waals surface area contributed by atoms with Crippen molar-refractivity contribution in [2.24, 2.45) is 0 Å². The highest BCUT2D eigenvalue weighted by molar-refractivity contribution is 5.94. The van der Waals surface area contributed by atoms with Crippen molar-refractivity contribution < 1.29 is 14.3 Å². The molecule has 2 aromatic rings. The lowest BCUT2D eigenvalue weighted by Gasteiger charge is -2.34. The van der Waals surface area contributed by atoms with Gasteiger partial charge in [-0.2, -0.15) is 0 Å². The molecule has 0 saturated carbocycles. The van der Waals surface area contributed by atoms with Gasteiger partial charge in [-0.15, -0.1) is 10.2 Å². The molecule has 1 aromatic heterocycles. The highest BCUT2D eigenvalue weighted by Gasteiger charge is 2.36. The smallest absolute Gasteiger partial charge is 0.317 e. The zero-order valence-electron chi connectivity index (χ0n) is 19.2. The van der Waals surface area contributed by atoms with Crippen molar-refractivity contribution >= 4 is 17.6 Å². The molecule has 1 saturated heterocycles. The number of nitrogens with zero attached hydrogens (tertiary/aromatic N) is 4. The molecule has 3 amide bonds. The van der Waals surface area contributed by atoms with Crippen molar-refractivity contribution in [3.05, 3.63) is 35.9 Å². The molecule has 2 aliphatic heterocycles. The first-order chi connectivity index (χ1) is 15.2. The van der Waals surface area contributed by atoms with Gasteiger partial charge in [0.15, 0.2) is 0 Å². The number of likely N-dealkylation sites (tertiary alicyclic amines) is 1. The van der Waals surface area contributed by atoms with Crippen LogP contribution in [-0.2, 0) is 11.2 Å². The Morgan fingerprint density at radius 3 is 2.38 bits per heavy atom. The molecule has 9 nitrogen and oxygen atoms in total. The maximum absolute atomic E-state index is 13.1. The minimum Gasteiger partial charge on any atom is -0.497 e. The Hall–Kier alpha value is -3.10. The summed E-state index contributed by atoms with van der Waals surface area (Å²) >= 11 is 0. The van der Waals surface area contributed by atoms with Gasteiger partial charge in [0.25, 0.3) is 0 Å². The lowest BCUT2D eigenvalue weighted by Crippen LogP contribution is -2.50. The zero-order chi connectivity index (χ0) is 22.9. The maximum atomic E-state index is 13.1. The summed E-state index contributed by atoms with van der Waals surface area (Å²) in [6.45, 7) is 7.27. The van der Waals surface area contributed by atoms with E-state index in [1.807, 2.05) is 54.5 Å². The number of urea groups is 1. The van der Waals surface area contributed by atoms with Crippen molar-refractivity contribution in [2.75, 3.05) is 25.5 Å². The zero-order valence-corrected chi connectivity index (χ0v) is 19.2. The number of benzene rings is 1. The molecule has 4 rings (SSSR count). The molecule has 0 aliphatic carbocycles. The van der Waals surface area contributed by atoms with Gasteiger partial charge < -0.3 is 24.8 Å². The first kappa shape index (κ1) is 22.1. The molecule has 1 atom stereocenters. The van der Waals surface area contributed by atoms with Crippen molar-refractivity contribution in [1.29, 1.82) is 0 Å². The van der Waals surface area contributed by atoms with Gasteiger partial charge in [0, 0.05) is 36.7 Å². The number of rotatable bonds is 4. The fourth-order valence-electron chi connectivity index (χ4n) is 4.41. The summed E-state index contributed by atoms with van der Waals surface area (Å²) in [6.07, 6.45) is 3.07. The number of hydrogen-bond acceptors (Lipinski definition) is 5. The second-order valence-electron chi connectivity index (χ2n) is 9.56. The number of amides is 3. The summed E-state index contributed by atoms with van der Waals surface area (Å²) in [6, 6.07) is 6.96. The van der Waals surface area contributed by atoms with Crippen LogP contribution in [0.4, 0.5) is 10.5 Å². The van der Waals surface area contributed by atoms with Crippen LogP contribution in [0.5, 0.6) is 5.75 Å². The van der Waals surface area contributed by atoms with Gasteiger partial charge in [0.2, 0.25) is 5.91 Å². The first-order valence-corrected chi connectivity index (χ1v) is 11.2. The fraction of sp³-hybridized carbons (Fsp3) is 0.565. The number of carbonyl (C=O) groups excluding carboxylic acids is 2. The van der Waals surface area contributed by atoms with Crippen LogP contribution in [0.2, 0.25) is 0 Å². The number of piperidine rings is 1. The second-order valence-corrected chi connectivity index (χ2v) is 9.56. The minimum atomic E-state index is -0.320. The molecule has 1 unspecified atom stereocenters. The third-order valence-electron chi connectivity index (χ3n) is 6.04. The van der Waals surface area contributed by atoms with Crippen LogP contribution in [0, 0.1) is 0 Å². The van der Waals surface area contributed by atoms with Gasteiger partial charge in [-0.25, -0.2) is 4.79 Å². The van der Waals surface area contributed by atoms with Gasteiger partial charge in [0.1, 0.15) is 23.4 Å². The molecule has 32 heavy (non-hydrogen) atoms. The van der Waals surface area contributed by atoms with E-state index in [2.05, 4.69) is 20.8 Å². The highest BCUT2D eigenvalue weighted by Crippen LogP contribution is 2.34. The van der Waals surface area contributed by atoms with Gasteiger partial charge >= 0.3 is 6.03 Å². The van der Waals surface area contributed by atoms with E-state index in [1.54, 1.807) is 7.11 Å². The SMILES string of the molecule is COc1ccc(NC(=O)C2CCc3nnc(C4CCN(C(=O)NC(C)(C)C)CC4)n32)cc1. The van der Waals surface area contributed by atoms with Crippen LogP contribution in [0.25, 0.3) is 0 Å². The third-order valence-corrected chi connectivity index (χ3v) is 6.04. The van der Waals surface area contributed by atoms with Crippen LogP contribution < -0.4 is 15.4 Å². The Kier molecular flexibility index (Phi) is 6.08. The molecule has 9 heteroatoms. The summed E-state index contributed by atoms with van der Waals surface area (Å²) in [7, 11) is 1.61. The number of fused-ring (bicyclic) bond motifs is 1. The lowest BCUT2D eigenvalue weighted by molar-refractivity contribution is -0.119. The van der Waals surface area contributed by atoms with Crippen LogP contribution in [0.1, 0.15) is 63.6 Å². The number of carbonyl (C=O) groups is 2. The summed E-state index contributed by atoms with van der Waals surface area (Å²) in [5.74, 6) is 2.60. The lowest BCUT2D eigenvalue weighted by atomic mass is 9.95. The van der Waals surface area contributed by atoms with E-state index >= 15 is 0 Å². The Labute approximate surface area is 188 Å². The van der Waals surface area contributed by atoms with E-state index in [9.17, 15) is 9.59 Å². The molecule has 1 aromatic carbocycles. The highest BCUT2D eigenvalue weighted by atomic mass is 16.5. The van der Waals surface area contributed by atoms with Crippen LogP contribution in [-0.4, -0.2) is 57.3 Å². The third kappa shape index (κ3) is 4.71. The molecule has 2 aliphatic rings. The summed E-state index contributed by atoms with van der Waals surface area (Å²) in [4.78, 5) is 27.4. The van der Waals surface area contributed by atoms with Crippen molar-refractivity contribution in [3.8, 4) is 5.75 Å². The van der Waals surface area contributed by atoms with E-state index in [1.165, 1.54) is 0 Å². The maximum Gasteiger partial charge on any atom is 0.317 e. The molecule has 0 bridgehead atoms. The van der Waals surface area contributed by atoms with Crippen molar-refractivity contribution in [2.45, 2.75) is 64.0 Å². The number of ether oxygens (including phenoxy) is 1. The predicted octanol–water partition coefficient (Wildman–Crippen LogP) is 3.10. The average molecular weight is 441 g/mol.